The quantitative estimate of drug-likeness (QED) is 0.684. The number of pyridine rings is 1. The summed E-state index contributed by atoms with van der Waals surface area (Å²) in [7, 11) is 0. The molecule has 1 fully saturated rings. The predicted octanol–water partition coefficient (Wildman–Crippen LogP) is 3.62. The minimum absolute atomic E-state index is 0.118. The van der Waals surface area contributed by atoms with Crippen molar-refractivity contribution in [3.63, 3.8) is 0 Å². The summed E-state index contributed by atoms with van der Waals surface area (Å²) in [5.74, 6) is 2.14. The summed E-state index contributed by atoms with van der Waals surface area (Å²) in [6.45, 7) is 2.59. The smallest absolute Gasteiger partial charge is 0.321 e. The van der Waals surface area contributed by atoms with E-state index >= 15 is 0 Å². The molecule has 148 valence electrons. The Hall–Kier alpha value is -3.39. The minimum Gasteiger partial charge on any atom is -0.352 e. The first-order valence-corrected chi connectivity index (χ1v) is 9.63. The average molecular weight is 410 g/mol. The summed E-state index contributed by atoms with van der Waals surface area (Å²) in [6, 6.07) is 16.4. The molecule has 1 saturated heterocycles. The van der Waals surface area contributed by atoms with Gasteiger partial charge in [-0.25, -0.2) is 9.78 Å². The predicted molar refractivity (Wildman–Crippen MR) is 114 cm³/mol. The molecule has 4 rings (SSSR count). The fourth-order valence-corrected chi connectivity index (χ4v) is 3.13. The number of carbonyl (C=O) groups is 1. The normalized spacial score (nSPS) is 13.8. The molecule has 0 unspecified atom stereocenters. The fourth-order valence-electron chi connectivity index (χ4n) is 3.00. The molecule has 0 saturated carbocycles. The first-order valence-electron chi connectivity index (χ1n) is 9.25. The van der Waals surface area contributed by atoms with E-state index in [2.05, 4.69) is 30.7 Å². The first-order chi connectivity index (χ1) is 14.2. The van der Waals surface area contributed by atoms with Gasteiger partial charge < -0.3 is 20.4 Å². The van der Waals surface area contributed by atoms with Gasteiger partial charge in [-0.3, -0.25) is 0 Å². The van der Waals surface area contributed by atoms with Crippen molar-refractivity contribution in [2.75, 3.05) is 41.7 Å². The van der Waals surface area contributed by atoms with Crippen LogP contribution in [0.25, 0.3) is 0 Å². The molecular weight excluding hydrogens is 390 g/mol. The van der Waals surface area contributed by atoms with Crippen LogP contribution in [0.2, 0.25) is 5.02 Å². The maximum absolute atomic E-state index is 12.4. The second-order valence-electron chi connectivity index (χ2n) is 6.53. The molecule has 0 bridgehead atoms. The third kappa shape index (κ3) is 4.91. The van der Waals surface area contributed by atoms with Gasteiger partial charge in [0.05, 0.1) is 0 Å². The van der Waals surface area contributed by atoms with E-state index in [0.29, 0.717) is 37.0 Å². The average Bonchev–Trinajstić information content (AvgIpc) is 2.77. The molecule has 2 N–H and O–H groups in total. The van der Waals surface area contributed by atoms with Crippen molar-refractivity contribution in [3.8, 4) is 0 Å². The van der Waals surface area contributed by atoms with Crippen LogP contribution in [0.5, 0.6) is 0 Å². The first kappa shape index (κ1) is 18.9. The Labute approximate surface area is 173 Å². The minimum atomic E-state index is -0.118. The third-order valence-electron chi connectivity index (χ3n) is 4.56. The van der Waals surface area contributed by atoms with Gasteiger partial charge in [0.1, 0.15) is 5.82 Å². The van der Waals surface area contributed by atoms with Crippen LogP contribution in [-0.2, 0) is 0 Å². The molecule has 0 atom stereocenters. The number of urea groups is 1. The zero-order valence-electron chi connectivity index (χ0n) is 15.6. The second kappa shape index (κ2) is 8.74. The van der Waals surface area contributed by atoms with Crippen LogP contribution in [0.1, 0.15) is 0 Å². The highest BCUT2D eigenvalue weighted by molar-refractivity contribution is 6.30. The number of anilines is 4. The number of nitrogens with zero attached hydrogens (tertiary/aromatic N) is 5. The zero-order chi connectivity index (χ0) is 20.1. The van der Waals surface area contributed by atoms with Gasteiger partial charge in [-0.2, -0.15) is 0 Å². The van der Waals surface area contributed by atoms with Crippen LogP contribution < -0.4 is 15.5 Å². The summed E-state index contributed by atoms with van der Waals surface area (Å²) in [6.07, 6.45) is 1.71. The van der Waals surface area contributed by atoms with E-state index in [1.165, 1.54) is 0 Å². The number of amides is 2. The Kier molecular flexibility index (Phi) is 5.71. The van der Waals surface area contributed by atoms with Gasteiger partial charge >= 0.3 is 6.03 Å². The highest BCUT2D eigenvalue weighted by Crippen LogP contribution is 2.18. The molecule has 2 amide bonds. The summed E-state index contributed by atoms with van der Waals surface area (Å²) < 4.78 is 0. The number of piperazine rings is 1. The molecule has 29 heavy (non-hydrogen) atoms. The topological polar surface area (TPSA) is 86.3 Å². The van der Waals surface area contributed by atoms with Crippen molar-refractivity contribution in [2.45, 2.75) is 0 Å². The van der Waals surface area contributed by atoms with Crippen molar-refractivity contribution in [1.29, 1.82) is 0 Å². The summed E-state index contributed by atoms with van der Waals surface area (Å²) in [5.41, 5.74) is 0.726. The van der Waals surface area contributed by atoms with E-state index < -0.39 is 0 Å². The molecule has 8 nitrogen and oxygen atoms in total. The van der Waals surface area contributed by atoms with Crippen molar-refractivity contribution < 1.29 is 4.79 Å². The molecule has 1 aliphatic rings. The fraction of sp³-hybridized carbons (Fsp3) is 0.200. The van der Waals surface area contributed by atoms with Crippen molar-refractivity contribution in [2.24, 2.45) is 0 Å². The highest BCUT2D eigenvalue weighted by atomic mass is 35.5. The van der Waals surface area contributed by atoms with Gasteiger partial charge in [-0.1, -0.05) is 17.7 Å². The molecule has 9 heteroatoms. The monoisotopic (exact) mass is 409 g/mol. The zero-order valence-corrected chi connectivity index (χ0v) is 16.4. The Balaban J connectivity index is 1.30. The lowest BCUT2D eigenvalue weighted by Crippen LogP contribution is -2.50. The van der Waals surface area contributed by atoms with Crippen LogP contribution in [-0.4, -0.2) is 52.3 Å². The number of rotatable bonds is 4. The Bertz CT molecular complexity index is 943. The van der Waals surface area contributed by atoms with Gasteiger partial charge in [-0.15, -0.1) is 10.2 Å². The van der Waals surface area contributed by atoms with Crippen LogP contribution in [0.3, 0.4) is 0 Å². The Morgan fingerprint density at radius 3 is 2.34 bits per heavy atom. The number of hydrogen-bond donors (Lipinski definition) is 2. The highest BCUT2D eigenvalue weighted by Gasteiger charge is 2.22. The second-order valence-corrected chi connectivity index (χ2v) is 6.96. The number of aromatic nitrogens is 3. The number of halogens is 1. The third-order valence-corrected chi connectivity index (χ3v) is 4.81. The van der Waals surface area contributed by atoms with E-state index in [0.717, 1.165) is 17.3 Å². The van der Waals surface area contributed by atoms with E-state index in [1.54, 1.807) is 35.4 Å². The molecule has 0 spiro atoms. The molecule has 0 radical (unpaired) electrons. The Morgan fingerprint density at radius 2 is 1.69 bits per heavy atom. The van der Waals surface area contributed by atoms with Gasteiger partial charge in [0.15, 0.2) is 11.6 Å². The molecule has 2 aromatic heterocycles. The molecular formula is C20H20ClN7O. The lowest BCUT2D eigenvalue weighted by molar-refractivity contribution is 0.208. The lowest BCUT2D eigenvalue weighted by atomic mass is 10.3. The van der Waals surface area contributed by atoms with E-state index in [9.17, 15) is 4.79 Å². The number of hydrogen-bond acceptors (Lipinski definition) is 6. The number of benzene rings is 1. The lowest BCUT2D eigenvalue weighted by Gasteiger charge is -2.35. The molecule has 0 aliphatic carbocycles. The van der Waals surface area contributed by atoms with Crippen molar-refractivity contribution >= 4 is 40.8 Å². The van der Waals surface area contributed by atoms with Gasteiger partial charge in [-0.05, 0) is 48.5 Å². The van der Waals surface area contributed by atoms with Crippen LogP contribution in [0.15, 0.2) is 60.8 Å². The maximum atomic E-state index is 12.4. The summed E-state index contributed by atoms with van der Waals surface area (Å²) >= 11 is 5.87. The van der Waals surface area contributed by atoms with E-state index in [-0.39, 0.29) is 6.03 Å². The van der Waals surface area contributed by atoms with Crippen molar-refractivity contribution in [1.82, 2.24) is 20.1 Å². The van der Waals surface area contributed by atoms with Crippen molar-refractivity contribution in [3.05, 3.63) is 65.8 Å². The molecule has 1 aromatic carbocycles. The SMILES string of the molecule is O=C(Nc1ccc(Cl)cc1)N1CCN(c2ccc(Nc3ccccn3)nn2)CC1. The van der Waals surface area contributed by atoms with Gasteiger partial charge in [0, 0.05) is 43.1 Å². The number of carbonyl (C=O) groups excluding carboxylic acids is 1. The summed E-state index contributed by atoms with van der Waals surface area (Å²) in [5, 5.41) is 15.2. The van der Waals surface area contributed by atoms with Gasteiger partial charge in [0.2, 0.25) is 0 Å². The van der Waals surface area contributed by atoms with E-state index in [1.807, 2.05) is 30.3 Å². The largest absolute Gasteiger partial charge is 0.352 e. The molecule has 1 aliphatic heterocycles. The Morgan fingerprint density at radius 1 is 0.897 bits per heavy atom. The molecule has 3 heterocycles. The number of nitrogens with one attached hydrogen (secondary N) is 2. The van der Waals surface area contributed by atoms with Gasteiger partial charge in [0.25, 0.3) is 0 Å². The summed E-state index contributed by atoms with van der Waals surface area (Å²) in [4.78, 5) is 20.5. The molecule has 3 aromatic rings. The van der Waals surface area contributed by atoms with Crippen LogP contribution in [0.4, 0.5) is 27.9 Å². The maximum Gasteiger partial charge on any atom is 0.321 e. The van der Waals surface area contributed by atoms with E-state index in [4.69, 9.17) is 11.6 Å². The van der Waals surface area contributed by atoms with Crippen LogP contribution in [0, 0.1) is 0 Å². The van der Waals surface area contributed by atoms with Crippen LogP contribution >= 0.6 is 11.6 Å². The standard InChI is InChI=1S/C20H20ClN7O/c21-15-4-6-16(7-5-15)23-20(29)28-13-11-27(12-14-28)19-9-8-18(25-26-19)24-17-3-1-2-10-22-17/h1-10H,11-14H2,(H,23,29)(H,22,24,25).